The minimum Gasteiger partial charge on any atom is -0.320 e. The molecule has 0 saturated carbocycles. The number of hydrogen-bond donors (Lipinski definition) is 1. The summed E-state index contributed by atoms with van der Waals surface area (Å²) >= 11 is 5.62. The first-order chi connectivity index (χ1) is 6.26. The first-order valence-corrected chi connectivity index (χ1v) is 5.17. The molecule has 82 valence electrons. The number of hydrogen-bond acceptors (Lipinski definition) is 3. The van der Waals surface area contributed by atoms with E-state index in [4.69, 9.17) is 11.6 Å². The highest BCUT2D eigenvalue weighted by atomic mass is 35.5. The first kappa shape index (κ1) is 11.8. The molecule has 0 spiro atoms. The number of hydroxylamine groups is 2. The lowest BCUT2D eigenvalue weighted by molar-refractivity contribution is -0.209. The Hall–Kier alpha value is -0.320. The van der Waals surface area contributed by atoms with Gasteiger partial charge >= 0.3 is 0 Å². The third-order valence-electron chi connectivity index (χ3n) is 2.79. The lowest BCUT2D eigenvalue weighted by Crippen LogP contribution is -2.50. The Morgan fingerprint density at radius 1 is 1.36 bits per heavy atom. The van der Waals surface area contributed by atoms with Crippen LogP contribution in [-0.4, -0.2) is 44.7 Å². The average molecular weight is 221 g/mol. The molecule has 1 fully saturated rings. The van der Waals surface area contributed by atoms with Crippen LogP contribution in [0.5, 0.6) is 0 Å². The molecule has 1 heterocycles. The Bertz CT molecular complexity index is 253. The molecule has 0 bridgehead atoms. The molecule has 1 aliphatic heterocycles. The fraction of sp³-hybridized carbons (Fsp3) is 0.889. The molecule has 1 saturated heterocycles. The molecule has 0 radical (unpaired) electrons. The summed E-state index contributed by atoms with van der Waals surface area (Å²) in [5, 5.41) is 11.0. The normalized spacial score (nSPS) is 25.9. The van der Waals surface area contributed by atoms with Crippen molar-refractivity contribution in [2.75, 3.05) is 12.4 Å². The Balaban J connectivity index is 3.04. The predicted octanol–water partition coefficient (Wildman–Crippen LogP) is 1.27. The van der Waals surface area contributed by atoms with Gasteiger partial charge in [-0.3, -0.25) is 4.79 Å². The molecule has 1 aliphatic rings. The molecule has 0 unspecified atom stereocenters. The molecule has 0 aliphatic carbocycles. The van der Waals surface area contributed by atoms with Crippen molar-refractivity contribution in [3.8, 4) is 0 Å². The van der Waals surface area contributed by atoms with Gasteiger partial charge in [-0.05, 0) is 27.7 Å². The van der Waals surface area contributed by atoms with Crippen LogP contribution in [-0.2, 0) is 4.79 Å². The highest BCUT2D eigenvalue weighted by Gasteiger charge is 2.55. The zero-order valence-corrected chi connectivity index (χ0v) is 9.80. The van der Waals surface area contributed by atoms with Gasteiger partial charge in [0.25, 0.3) is 0 Å². The number of rotatable bonds is 2. The van der Waals surface area contributed by atoms with Gasteiger partial charge in [0.15, 0.2) is 0 Å². The van der Waals surface area contributed by atoms with Crippen molar-refractivity contribution < 1.29 is 10.0 Å². The van der Waals surface area contributed by atoms with E-state index in [0.29, 0.717) is 12.4 Å². The van der Waals surface area contributed by atoms with Crippen molar-refractivity contribution in [1.82, 2.24) is 9.96 Å². The van der Waals surface area contributed by atoms with E-state index in [2.05, 4.69) is 0 Å². The van der Waals surface area contributed by atoms with Gasteiger partial charge in [0, 0.05) is 12.4 Å². The van der Waals surface area contributed by atoms with Gasteiger partial charge < -0.3 is 10.1 Å². The van der Waals surface area contributed by atoms with Crippen LogP contribution in [0.25, 0.3) is 0 Å². The van der Waals surface area contributed by atoms with Gasteiger partial charge in [-0.1, -0.05) is 0 Å². The van der Waals surface area contributed by atoms with Gasteiger partial charge in [0.2, 0.25) is 5.91 Å². The second kappa shape index (κ2) is 3.36. The molecular formula is C9H17ClN2O2. The van der Waals surface area contributed by atoms with E-state index in [-0.39, 0.29) is 5.91 Å². The zero-order valence-electron chi connectivity index (χ0n) is 9.04. The maximum atomic E-state index is 11.9. The van der Waals surface area contributed by atoms with Crippen LogP contribution in [0.15, 0.2) is 0 Å². The first-order valence-electron chi connectivity index (χ1n) is 4.63. The van der Waals surface area contributed by atoms with Crippen LogP contribution in [0, 0.1) is 0 Å². The van der Waals surface area contributed by atoms with E-state index in [0.717, 1.165) is 5.06 Å². The highest BCUT2D eigenvalue weighted by Crippen LogP contribution is 2.36. The van der Waals surface area contributed by atoms with Crippen LogP contribution in [0.1, 0.15) is 27.7 Å². The largest absolute Gasteiger partial charge is 0.320 e. The molecule has 1 N–H and O–H groups in total. The predicted molar refractivity (Wildman–Crippen MR) is 54.2 cm³/mol. The maximum Gasteiger partial charge on any atom is 0.246 e. The highest BCUT2D eigenvalue weighted by molar-refractivity contribution is 6.18. The Kier molecular flexibility index (Phi) is 2.82. The van der Waals surface area contributed by atoms with E-state index < -0.39 is 11.2 Å². The fourth-order valence-electron chi connectivity index (χ4n) is 1.93. The van der Waals surface area contributed by atoms with Gasteiger partial charge in [-0.2, -0.15) is 5.06 Å². The Morgan fingerprint density at radius 2 is 1.86 bits per heavy atom. The molecule has 0 aromatic heterocycles. The minimum atomic E-state index is -0.866. The maximum absolute atomic E-state index is 11.9. The third-order valence-corrected chi connectivity index (χ3v) is 2.95. The van der Waals surface area contributed by atoms with Crippen molar-refractivity contribution >= 4 is 17.5 Å². The lowest BCUT2D eigenvalue weighted by atomic mass is 10.1. The molecule has 14 heavy (non-hydrogen) atoms. The standard InChI is InChI=1S/C9H17ClN2O2/c1-8(2)7(13)11(6-5-10)9(3,4)12(8)14/h14H,5-6H2,1-4H3. The summed E-state index contributed by atoms with van der Waals surface area (Å²) < 4.78 is 0. The molecule has 5 heteroatoms. The zero-order chi connectivity index (χ0) is 11.1. The van der Waals surface area contributed by atoms with E-state index in [9.17, 15) is 10.0 Å². The van der Waals surface area contributed by atoms with Gasteiger partial charge in [-0.15, -0.1) is 11.6 Å². The van der Waals surface area contributed by atoms with Gasteiger partial charge in [-0.25, -0.2) is 0 Å². The molecule has 1 amide bonds. The summed E-state index contributed by atoms with van der Waals surface area (Å²) in [7, 11) is 0. The van der Waals surface area contributed by atoms with Gasteiger partial charge in [0.05, 0.1) is 0 Å². The number of halogens is 1. The van der Waals surface area contributed by atoms with Gasteiger partial charge in [0.1, 0.15) is 11.2 Å². The van der Waals surface area contributed by atoms with E-state index in [1.807, 2.05) is 0 Å². The van der Waals surface area contributed by atoms with Crippen LogP contribution < -0.4 is 0 Å². The summed E-state index contributed by atoms with van der Waals surface area (Å²) in [4.78, 5) is 13.5. The van der Waals surface area contributed by atoms with Crippen LogP contribution in [0.3, 0.4) is 0 Å². The number of alkyl halides is 1. The average Bonchev–Trinajstić information content (AvgIpc) is 2.19. The van der Waals surface area contributed by atoms with Crippen molar-refractivity contribution in [2.45, 2.75) is 38.9 Å². The van der Waals surface area contributed by atoms with Crippen molar-refractivity contribution in [3.63, 3.8) is 0 Å². The molecule has 1 rings (SSSR count). The van der Waals surface area contributed by atoms with Crippen molar-refractivity contribution in [1.29, 1.82) is 0 Å². The van der Waals surface area contributed by atoms with Crippen molar-refractivity contribution in [2.24, 2.45) is 0 Å². The summed E-state index contributed by atoms with van der Waals surface area (Å²) in [5.74, 6) is 0.282. The minimum absolute atomic E-state index is 0.0920. The Labute approximate surface area is 89.4 Å². The number of carbonyl (C=O) groups is 1. The third kappa shape index (κ3) is 1.42. The second-order valence-corrected chi connectivity index (χ2v) is 4.89. The molecule has 0 aromatic rings. The van der Waals surface area contributed by atoms with Crippen LogP contribution in [0.2, 0.25) is 0 Å². The Morgan fingerprint density at radius 3 is 2.14 bits per heavy atom. The summed E-state index contributed by atoms with van der Waals surface area (Å²) in [5.41, 5.74) is -1.55. The van der Waals surface area contributed by atoms with E-state index in [1.54, 1.807) is 32.6 Å². The smallest absolute Gasteiger partial charge is 0.246 e. The fourth-order valence-corrected chi connectivity index (χ4v) is 2.10. The number of carbonyl (C=O) groups excluding carboxylic acids is 1. The number of amides is 1. The SMILES string of the molecule is CC1(C)C(=O)N(CCCl)C(C)(C)N1O. The quantitative estimate of drug-likeness (QED) is 0.713. The molecular weight excluding hydrogens is 204 g/mol. The topological polar surface area (TPSA) is 43.8 Å². The monoisotopic (exact) mass is 220 g/mol. The number of nitrogens with zero attached hydrogens (tertiary/aromatic N) is 2. The molecule has 0 aromatic carbocycles. The van der Waals surface area contributed by atoms with E-state index >= 15 is 0 Å². The molecule has 4 nitrogen and oxygen atoms in total. The molecule has 0 atom stereocenters. The van der Waals surface area contributed by atoms with E-state index in [1.165, 1.54) is 0 Å². The summed E-state index contributed by atoms with van der Waals surface area (Å²) in [6.07, 6.45) is 0. The van der Waals surface area contributed by atoms with Crippen molar-refractivity contribution in [3.05, 3.63) is 0 Å². The summed E-state index contributed by atoms with van der Waals surface area (Å²) in [6.45, 7) is 7.45. The second-order valence-electron chi connectivity index (χ2n) is 4.51. The van der Waals surface area contributed by atoms with Crippen LogP contribution in [0.4, 0.5) is 0 Å². The lowest BCUT2D eigenvalue weighted by Gasteiger charge is -2.35. The van der Waals surface area contributed by atoms with Crippen LogP contribution >= 0.6 is 11.6 Å². The summed E-state index contributed by atoms with van der Waals surface area (Å²) in [6, 6.07) is 0.